The molecule has 0 saturated carbocycles. The van der Waals surface area contributed by atoms with E-state index in [0.29, 0.717) is 16.5 Å². The maximum atomic E-state index is 13.0. The summed E-state index contributed by atoms with van der Waals surface area (Å²) in [7, 11) is 0. The first-order valence-corrected chi connectivity index (χ1v) is 14.0. The number of imide groups is 1. The normalized spacial score (nSPS) is 14.8. The lowest BCUT2D eigenvalue weighted by Gasteiger charge is -2.15. The number of nitrogens with two attached hydrogens (primary N) is 1. The van der Waals surface area contributed by atoms with E-state index in [9.17, 15) is 19.2 Å². The fourth-order valence-electron chi connectivity index (χ4n) is 4.02. The Morgan fingerprint density at radius 2 is 1.85 bits per heavy atom. The molecule has 1 aromatic heterocycles. The Balaban J connectivity index is 1.14. The van der Waals surface area contributed by atoms with Crippen molar-refractivity contribution in [2.24, 2.45) is 0 Å². The Labute approximate surface area is 238 Å². The highest BCUT2D eigenvalue weighted by Gasteiger charge is 2.40. The highest BCUT2D eigenvalue weighted by Crippen LogP contribution is 2.34. The van der Waals surface area contributed by atoms with Crippen LogP contribution in [0, 0.1) is 6.92 Å². The SMILES string of the molecule is Cc1ccc(-c2csc(NC(=O)COC(=O)c3ccc(N4C(=O)CC(Sc5cccc(N)c5)C4=O)cc3)n2)cc1. The molecule has 1 unspecified atom stereocenters. The minimum Gasteiger partial charge on any atom is -0.452 e. The summed E-state index contributed by atoms with van der Waals surface area (Å²) in [5.74, 6) is -1.90. The third-order valence-corrected chi connectivity index (χ3v) is 7.97. The fourth-order valence-corrected chi connectivity index (χ4v) is 5.88. The van der Waals surface area contributed by atoms with Crippen molar-refractivity contribution in [2.45, 2.75) is 23.5 Å². The molecular formula is C29H24N4O5S2. The third-order valence-electron chi connectivity index (χ3n) is 6.04. The van der Waals surface area contributed by atoms with Gasteiger partial charge in [0.05, 0.1) is 22.2 Å². The smallest absolute Gasteiger partial charge is 0.338 e. The zero-order valence-electron chi connectivity index (χ0n) is 21.3. The maximum Gasteiger partial charge on any atom is 0.338 e. The first-order valence-electron chi connectivity index (χ1n) is 12.3. The van der Waals surface area contributed by atoms with Gasteiger partial charge in [-0.25, -0.2) is 14.7 Å². The molecule has 3 aromatic carbocycles. The lowest BCUT2D eigenvalue weighted by atomic mass is 10.1. The summed E-state index contributed by atoms with van der Waals surface area (Å²) in [6, 6.07) is 20.9. The van der Waals surface area contributed by atoms with E-state index < -0.39 is 23.7 Å². The molecule has 40 heavy (non-hydrogen) atoms. The number of anilines is 3. The largest absolute Gasteiger partial charge is 0.452 e. The van der Waals surface area contributed by atoms with Crippen LogP contribution in [0.5, 0.6) is 0 Å². The standard InChI is InChI=1S/C29H24N4O5S2/c1-17-5-7-18(8-6-17)23-16-39-29(31-23)32-25(34)15-38-28(37)19-9-11-21(12-10-19)33-26(35)14-24(27(33)36)40-22-4-2-3-20(30)13-22/h2-13,16,24H,14-15,30H2,1H3,(H,31,32,34). The molecule has 9 nitrogen and oxygen atoms in total. The van der Waals surface area contributed by atoms with Crippen LogP contribution in [0.15, 0.2) is 83.1 Å². The molecule has 202 valence electrons. The van der Waals surface area contributed by atoms with E-state index in [1.165, 1.54) is 47.4 Å². The number of thiazole rings is 1. The highest BCUT2D eigenvalue weighted by atomic mass is 32.2. The van der Waals surface area contributed by atoms with Crippen LogP contribution < -0.4 is 16.0 Å². The second kappa shape index (κ2) is 11.7. The van der Waals surface area contributed by atoms with E-state index in [1.54, 1.807) is 18.2 Å². The van der Waals surface area contributed by atoms with Gasteiger partial charge < -0.3 is 10.5 Å². The van der Waals surface area contributed by atoms with Gasteiger partial charge in [-0.05, 0) is 49.4 Å². The molecule has 1 aliphatic rings. The van der Waals surface area contributed by atoms with Crippen LogP contribution in [0.1, 0.15) is 22.3 Å². The first-order chi connectivity index (χ1) is 19.3. The Bertz CT molecular complexity index is 1580. The molecule has 0 radical (unpaired) electrons. The number of ether oxygens (including phenoxy) is 1. The number of nitrogen functional groups attached to an aromatic ring is 1. The molecule has 3 N–H and O–H groups in total. The number of esters is 1. The van der Waals surface area contributed by atoms with E-state index in [4.69, 9.17) is 10.5 Å². The van der Waals surface area contributed by atoms with Crippen molar-refractivity contribution in [1.82, 2.24) is 4.98 Å². The van der Waals surface area contributed by atoms with Crippen molar-refractivity contribution >= 4 is 63.3 Å². The number of hydrogen-bond acceptors (Lipinski definition) is 9. The summed E-state index contributed by atoms with van der Waals surface area (Å²) in [4.78, 5) is 56.7. The Morgan fingerprint density at radius 3 is 2.58 bits per heavy atom. The molecule has 1 saturated heterocycles. The van der Waals surface area contributed by atoms with Gasteiger partial charge in [0, 0.05) is 27.9 Å². The molecule has 0 spiro atoms. The zero-order chi connectivity index (χ0) is 28.2. The summed E-state index contributed by atoms with van der Waals surface area (Å²) in [5.41, 5.74) is 9.73. The minimum absolute atomic E-state index is 0.0583. The van der Waals surface area contributed by atoms with Crippen molar-refractivity contribution in [2.75, 3.05) is 22.6 Å². The van der Waals surface area contributed by atoms with Gasteiger partial charge in [0.2, 0.25) is 11.8 Å². The van der Waals surface area contributed by atoms with Gasteiger partial charge in [-0.3, -0.25) is 19.7 Å². The quantitative estimate of drug-likeness (QED) is 0.173. The predicted molar refractivity (Wildman–Crippen MR) is 155 cm³/mol. The van der Waals surface area contributed by atoms with Gasteiger partial charge >= 0.3 is 5.97 Å². The van der Waals surface area contributed by atoms with Crippen LogP contribution in [-0.2, 0) is 19.1 Å². The van der Waals surface area contributed by atoms with Crippen molar-refractivity contribution in [1.29, 1.82) is 0 Å². The van der Waals surface area contributed by atoms with Crippen LogP contribution in [-0.4, -0.2) is 40.5 Å². The number of carbonyl (C=O) groups excluding carboxylic acids is 4. The Kier molecular flexibility index (Phi) is 7.94. The highest BCUT2D eigenvalue weighted by molar-refractivity contribution is 8.00. The number of benzene rings is 3. The summed E-state index contributed by atoms with van der Waals surface area (Å²) in [6.07, 6.45) is 0.0583. The summed E-state index contributed by atoms with van der Waals surface area (Å²) < 4.78 is 5.13. The summed E-state index contributed by atoms with van der Waals surface area (Å²) >= 11 is 2.56. The molecular weight excluding hydrogens is 548 g/mol. The number of carbonyl (C=O) groups is 4. The molecule has 11 heteroatoms. The first kappa shape index (κ1) is 27.1. The lowest BCUT2D eigenvalue weighted by molar-refractivity contribution is -0.121. The monoisotopic (exact) mass is 572 g/mol. The number of nitrogens with zero attached hydrogens (tertiary/aromatic N) is 2. The predicted octanol–water partition coefficient (Wildman–Crippen LogP) is 4.92. The number of nitrogens with one attached hydrogen (secondary N) is 1. The molecule has 2 heterocycles. The Morgan fingerprint density at radius 1 is 1.10 bits per heavy atom. The van der Waals surface area contributed by atoms with Crippen LogP contribution in [0.3, 0.4) is 0 Å². The lowest BCUT2D eigenvalue weighted by Crippen LogP contribution is -2.31. The van der Waals surface area contributed by atoms with Gasteiger partial charge in [0.15, 0.2) is 11.7 Å². The summed E-state index contributed by atoms with van der Waals surface area (Å²) in [5, 5.41) is 4.30. The molecule has 4 aromatic rings. The molecule has 5 rings (SSSR count). The topological polar surface area (TPSA) is 132 Å². The van der Waals surface area contributed by atoms with Crippen LogP contribution >= 0.6 is 23.1 Å². The van der Waals surface area contributed by atoms with Gasteiger partial charge in [0.1, 0.15) is 0 Å². The van der Waals surface area contributed by atoms with Gasteiger partial charge in [-0.15, -0.1) is 23.1 Å². The van der Waals surface area contributed by atoms with E-state index in [-0.39, 0.29) is 23.8 Å². The average Bonchev–Trinajstić information content (AvgIpc) is 3.51. The number of aryl methyl sites for hydroxylation is 1. The van der Waals surface area contributed by atoms with Crippen molar-refractivity contribution in [3.05, 3.63) is 89.3 Å². The second-order valence-corrected chi connectivity index (χ2v) is 11.2. The molecule has 3 amide bonds. The number of rotatable bonds is 8. The number of amides is 3. The van der Waals surface area contributed by atoms with Crippen LogP contribution in [0.2, 0.25) is 0 Å². The molecule has 0 bridgehead atoms. The van der Waals surface area contributed by atoms with Crippen LogP contribution in [0.4, 0.5) is 16.5 Å². The second-order valence-electron chi connectivity index (χ2n) is 9.03. The van der Waals surface area contributed by atoms with E-state index in [1.807, 2.05) is 42.6 Å². The molecule has 1 atom stereocenters. The maximum absolute atomic E-state index is 13.0. The van der Waals surface area contributed by atoms with Gasteiger partial charge in [0.25, 0.3) is 5.91 Å². The van der Waals surface area contributed by atoms with E-state index >= 15 is 0 Å². The van der Waals surface area contributed by atoms with E-state index in [2.05, 4.69) is 10.3 Å². The van der Waals surface area contributed by atoms with Crippen molar-refractivity contribution < 1.29 is 23.9 Å². The fraction of sp³-hybridized carbons (Fsp3) is 0.138. The minimum atomic E-state index is -0.713. The van der Waals surface area contributed by atoms with Gasteiger partial charge in [-0.2, -0.15) is 0 Å². The third kappa shape index (κ3) is 6.22. The van der Waals surface area contributed by atoms with Gasteiger partial charge in [-0.1, -0.05) is 35.9 Å². The Hall–Kier alpha value is -4.48. The molecule has 1 aliphatic heterocycles. The number of aromatic nitrogens is 1. The molecule has 0 aliphatic carbocycles. The summed E-state index contributed by atoms with van der Waals surface area (Å²) in [6.45, 7) is 1.51. The van der Waals surface area contributed by atoms with Crippen LogP contribution in [0.25, 0.3) is 11.3 Å². The van der Waals surface area contributed by atoms with Crippen molar-refractivity contribution in [3.8, 4) is 11.3 Å². The average molecular weight is 573 g/mol. The number of thioether (sulfide) groups is 1. The van der Waals surface area contributed by atoms with E-state index in [0.717, 1.165) is 26.6 Å². The zero-order valence-corrected chi connectivity index (χ0v) is 23.0. The number of hydrogen-bond donors (Lipinski definition) is 2. The van der Waals surface area contributed by atoms with Crippen molar-refractivity contribution in [3.63, 3.8) is 0 Å². The molecule has 1 fully saturated rings.